The van der Waals surface area contributed by atoms with Gasteiger partial charge in [-0.2, -0.15) is 0 Å². The van der Waals surface area contributed by atoms with Crippen molar-refractivity contribution in [2.75, 3.05) is 0 Å². The highest BCUT2D eigenvalue weighted by atomic mass is 16.3. The molecular weight excluding hydrogens is 675 g/mol. The third-order valence-electron chi connectivity index (χ3n) is 10.0. The van der Waals surface area contributed by atoms with E-state index in [2.05, 4.69) is 141 Å². The van der Waals surface area contributed by atoms with Crippen LogP contribution in [0.4, 0.5) is 0 Å². The van der Waals surface area contributed by atoms with E-state index in [0.717, 1.165) is 100 Å². The zero-order valence-corrected chi connectivity index (χ0v) is 29.5. The molecule has 10 rings (SSSR count). The van der Waals surface area contributed by atoms with Crippen LogP contribution in [-0.2, 0) is 0 Å². The van der Waals surface area contributed by atoms with Gasteiger partial charge in [0, 0.05) is 52.3 Å². The van der Waals surface area contributed by atoms with Crippen LogP contribution in [0.3, 0.4) is 0 Å². The van der Waals surface area contributed by atoms with E-state index in [9.17, 15) is 0 Å². The summed E-state index contributed by atoms with van der Waals surface area (Å²) in [7, 11) is 0. The van der Waals surface area contributed by atoms with E-state index in [4.69, 9.17) is 9.40 Å². The van der Waals surface area contributed by atoms with Crippen LogP contribution in [0.25, 0.3) is 100 Å². The Morgan fingerprint density at radius 1 is 0.291 bits per heavy atom. The number of furan rings is 1. The van der Waals surface area contributed by atoms with Gasteiger partial charge in [-0.15, -0.1) is 0 Å². The van der Waals surface area contributed by atoms with Gasteiger partial charge in [-0.25, -0.2) is 24.9 Å². The molecule has 6 nitrogen and oxygen atoms in total. The maximum atomic E-state index is 6.19. The lowest BCUT2D eigenvalue weighted by atomic mass is 9.91. The monoisotopic (exact) mass is 705 g/mol. The summed E-state index contributed by atoms with van der Waals surface area (Å²) in [4.78, 5) is 21.8. The van der Waals surface area contributed by atoms with E-state index < -0.39 is 0 Å². The fraction of sp³-hybridized carbons (Fsp3) is 0. The first-order chi connectivity index (χ1) is 27.2. The van der Waals surface area contributed by atoms with Crippen molar-refractivity contribution in [3.63, 3.8) is 0 Å². The topological polar surface area (TPSA) is 77.6 Å². The summed E-state index contributed by atoms with van der Waals surface area (Å²) in [6.07, 6.45) is 10.4. The second kappa shape index (κ2) is 13.8. The molecule has 55 heavy (non-hydrogen) atoms. The van der Waals surface area contributed by atoms with E-state index >= 15 is 0 Å². The van der Waals surface area contributed by atoms with Crippen molar-refractivity contribution in [1.82, 2.24) is 24.9 Å². The molecule has 0 unspecified atom stereocenters. The Bertz CT molecular complexity index is 2850. The minimum absolute atomic E-state index is 0.831. The minimum Gasteiger partial charge on any atom is -0.456 e. The maximum Gasteiger partial charge on any atom is 0.135 e. The Morgan fingerprint density at radius 3 is 1.36 bits per heavy atom. The maximum absolute atomic E-state index is 6.19. The number of hydrogen-bond acceptors (Lipinski definition) is 6. The SMILES string of the molecule is c1cc(-c2cncnc2)cc(-c2cccc(-c3cc(-c4cccc(-c5cccc(-c6cncnc6)n5)c4)cc(-c4ccc5oc6ccccc6c5c4)c3)c2)c1. The van der Waals surface area contributed by atoms with Crippen molar-refractivity contribution in [3.05, 3.63) is 189 Å². The number of aromatic nitrogens is 5. The van der Waals surface area contributed by atoms with Gasteiger partial charge in [0.25, 0.3) is 0 Å². The van der Waals surface area contributed by atoms with Crippen LogP contribution in [0.2, 0.25) is 0 Å². The van der Waals surface area contributed by atoms with Crippen molar-refractivity contribution in [3.8, 4) is 78.1 Å². The van der Waals surface area contributed by atoms with E-state index in [1.54, 1.807) is 18.7 Å². The quantitative estimate of drug-likeness (QED) is 0.164. The molecule has 10 aromatic rings. The van der Waals surface area contributed by atoms with Crippen LogP contribution in [0.15, 0.2) is 194 Å². The van der Waals surface area contributed by atoms with E-state index in [0.29, 0.717) is 0 Å². The third kappa shape index (κ3) is 6.32. The molecule has 0 aliphatic carbocycles. The molecule has 0 saturated carbocycles. The number of pyridine rings is 1. The second-order valence-corrected chi connectivity index (χ2v) is 13.5. The number of nitrogens with zero attached hydrogens (tertiary/aromatic N) is 5. The molecule has 258 valence electrons. The largest absolute Gasteiger partial charge is 0.456 e. The molecule has 0 aliphatic heterocycles. The van der Waals surface area contributed by atoms with Crippen LogP contribution in [0.5, 0.6) is 0 Å². The van der Waals surface area contributed by atoms with Crippen molar-refractivity contribution in [2.45, 2.75) is 0 Å². The molecule has 0 aliphatic rings. The van der Waals surface area contributed by atoms with Crippen molar-refractivity contribution < 1.29 is 4.42 Å². The first-order valence-electron chi connectivity index (χ1n) is 18.1. The van der Waals surface area contributed by atoms with E-state index in [1.807, 2.05) is 42.7 Å². The predicted octanol–water partition coefficient (Wildman–Crippen LogP) is 12.2. The molecule has 0 bridgehead atoms. The number of para-hydroxylation sites is 1. The Kier molecular flexibility index (Phi) is 8.04. The number of benzene rings is 6. The summed E-state index contributed by atoms with van der Waals surface area (Å²) in [5, 5.41) is 2.21. The average molecular weight is 706 g/mol. The van der Waals surface area contributed by atoms with Crippen LogP contribution >= 0.6 is 0 Å². The van der Waals surface area contributed by atoms with Gasteiger partial charge >= 0.3 is 0 Å². The molecule has 4 aromatic heterocycles. The van der Waals surface area contributed by atoms with Crippen LogP contribution in [0.1, 0.15) is 0 Å². The fourth-order valence-corrected chi connectivity index (χ4v) is 7.28. The van der Waals surface area contributed by atoms with E-state index in [1.165, 1.54) is 6.33 Å². The summed E-state index contributed by atoms with van der Waals surface area (Å²) in [5.41, 5.74) is 16.4. The molecule has 0 saturated heterocycles. The van der Waals surface area contributed by atoms with Gasteiger partial charge in [0.2, 0.25) is 0 Å². The van der Waals surface area contributed by atoms with Gasteiger partial charge in [0.15, 0.2) is 0 Å². The molecule has 0 N–H and O–H groups in total. The zero-order valence-electron chi connectivity index (χ0n) is 29.5. The standard InChI is InChI=1S/C49H31N5O/c1-2-16-48-44(13-1)45-25-37(17-18-49(45)55-48)41-23-39(34-9-3-7-32(19-34)33-8-4-11-36(20-33)42-26-50-30-51-27-42)22-40(24-41)35-10-5-12-38(21-35)46-14-6-15-47(54-46)43-28-52-31-53-29-43/h1-31H. The zero-order chi connectivity index (χ0) is 36.6. The molecule has 0 fully saturated rings. The lowest BCUT2D eigenvalue weighted by molar-refractivity contribution is 0.669. The molecule has 4 heterocycles. The molecule has 0 radical (unpaired) electrons. The molecule has 6 heteroatoms. The lowest BCUT2D eigenvalue weighted by Crippen LogP contribution is -1.90. The highest BCUT2D eigenvalue weighted by molar-refractivity contribution is 6.06. The van der Waals surface area contributed by atoms with Crippen LogP contribution in [0, 0.1) is 0 Å². The Balaban J connectivity index is 1.10. The van der Waals surface area contributed by atoms with Crippen LogP contribution < -0.4 is 0 Å². The van der Waals surface area contributed by atoms with Gasteiger partial charge < -0.3 is 4.42 Å². The van der Waals surface area contributed by atoms with Gasteiger partial charge in [0.05, 0.1) is 11.4 Å². The van der Waals surface area contributed by atoms with Crippen LogP contribution in [-0.4, -0.2) is 24.9 Å². The third-order valence-corrected chi connectivity index (χ3v) is 10.0. The fourth-order valence-electron chi connectivity index (χ4n) is 7.28. The normalized spacial score (nSPS) is 11.3. The summed E-state index contributed by atoms with van der Waals surface area (Å²) in [6, 6.07) is 53.5. The summed E-state index contributed by atoms with van der Waals surface area (Å²) in [6.45, 7) is 0. The number of fused-ring (bicyclic) bond motifs is 3. The number of hydrogen-bond donors (Lipinski definition) is 0. The smallest absolute Gasteiger partial charge is 0.135 e. The van der Waals surface area contributed by atoms with Crippen molar-refractivity contribution in [2.24, 2.45) is 0 Å². The molecule has 0 amide bonds. The minimum atomic E-state index is 0.831. The highest BCUT2D eigenvalue weighted by Gasteiger charge is 2.13. The Morgan fingerprint density at radius 2 is 0.727 bits per heavy atom. The summed E-state index contributed by atoms with van der Waals surface area (Å²) in [5.74, 6) is 0. The van der Waals surface area contributed by atoms with Crippen molar-refractivity contribution in [1.29, 1.82) is 0 Å². The van der Waals surface area contributed by atoms with Crippen molar-refractivity contribution >= 4 is 21.9 Å². The van der Waals surface area contributed by atoms with E-state index in [-0.39, 0.29) is 0 Å². The predicted molar refractivity (Wildman–Crippen MR) is 221 cm³/mol. The molecular formula is C49H31N5O. The highest BCUT2D eigenvalue weighted by Crippen LogP contribution is 2.38. The second-order valence-electron chi connectivity index (χ2n) is 13.5. The van der Waals surface area contributed by atoms with Gasteiger partial charge in [0.1, 0.15) is 23.8 Å². The van der Waals surface area contributed by atoms with Gasteiger partial charge in [-0.3, -0.25) is 0 Å². The Hall–Kier alpha value is -7.57. The molecule has 0 atom stereocenters. The average Bonchev–Trinajstić information content (AvgIpc) is 3.65. The summed E-state index contributed by atoms with van der Waals surface area (Å²) >= 11 is 0. The lowest BCUT2D eigenvalue weighted by Gasteiger charge is -2.14. The Labute approximate surface area is 317 Å². The van der Waals surface area contributed by atoms with Gasteiger partial charge in [-0.05, 0) is 117 Å². The summed E-state index contributed by atoms with van der Waals surface area (Å²) < 4.78 is 6.19. The molecule has 6 aromatic carbocycles. The molecule has 0 spiro atoms. The first-order valence-corrected chi connectivity index (χ1v) is 18.1. The van der Waals surface area contributed by atoms with Gasteiger partial charge in [-0.1, -0.05) is 84.9 Å². The number of rotatable bonds is 7. The first kappa shape index (κ1) is 32.1.